The molecule has 4 heterocycles. The molecule has 2 fully saturated rings. The molecular formula is C22H25N3O4. The van der Waals surface area contributed by atoms with E-state index in [1.807, 2.05) is 44.2 Å². The number of hydrogen-bond donors (Lipinski definition) is 2. The van der Waals surface area contributed by atoms with Crippen molar-refractivity contribution in [3.63, 3.8) is 0 Å². The lowest BCUT2D eigenvalue weighted by Gasteiger charge is -2.54. The largest absolute Gasteiger partial charge is 0.371 e. The number of rotatable bonds is 2. The molecule has 4 atom stereocenters. The summed E-state index contributed by atoms with van der Waals surface area (Å²) in [6.07, 6.45) is 2.33. The van der Waals surface area contributed by atoms with Crippen LogP contribution >= 0.6 is 0 Å². The Hall–Kier alpha value is -2.64. The zero-order valence-electron chi connectivity index (χ0n) is 16.8. The van der Waals surface area contributed by atoms with Crippen molar-refractivity contribution in [2.24, 2.45) is 0 Å². The number of methoxy groups -OCH3 is 1. The van der Waals surface area contributed by atoms with Gasteiger partial charge >= 0.3 is 0 Å². The number of para-hydroxylation sites is 1. The summed E-state index contributed by atoms with van der Waals surface area (Å²) in [5.41, 5.74) is 1.32. The van der Waals surface area contributed by atoms with Gasteiger partial charge in [-0.2, -0.15) is 0 Å². The van der Waals surface area contributed by atoms with E-state index in [1.165, 1.54) is 16.9 Å². The highest BCUT2D eigenvalue weighted by Crippen LogP contribution is 2.52. The number of aromatic nitrogens is 1. The molecule has 0 radical (unpaired) electrons. The number of piperazine rings is 1. The van der Waals surface area contributed by atoms with Crippen LogP contribution in [0.25, 0.3) is 10.9 Å². The monoisotopic (exact) mass is 395 g/mol. The minimum absolute atomic E-state index is 0.224. The van der Waals surface area contributed by atoms with Crippen LogP contribution in [0.4, 0.5) is 0 Å². The maximum absolute atomic E-state index is 13.5. The molecule has 0 saturated carbocycles. The number of amides is 2. The average Bonchev–Trinajstić information content (AvgIpc) is 3.31. The Morgan fingerprint density at radius 3 is 2.79 bits per heavy atom. The van der Waals surface area contributed by atoms with Crippen molar-refractivity contribution in [1.29, 1.82) is 0 Å². The summed E-state index contributed by atoms with van der Waals surface area (Å²) in [4.78, 5) is 33.4. The number of carbonyl (C=O) groups excluding carboxylic acids is 2. The maximum atomic E-state index is 13.5. The Kier molecular flexibility index (Phi) is 3.92. The number of fused-ring (bicyclic) bond motifs is 5. The molecule has 4 unspecified atom stereocenters. The Labute approximate surface area is 168 Å². The maximum Gasteiger partial charge on any atom is 0.279 e. The SMILES string of the molecule is COC1c2c([nH]c3ccccc23)C(C=C(C)C)N2C(=O)C3CCCN3C(=O)C12O. The summed E-state index contributed by atoms with van der Waals surface area (Å²) in [5, 5.41) is 12.8. The number of H-pyrrole nitrogens is 1. The van der Waals surface area contributed by atoms with Crippen molar-refractivity contribution in [2.45, 2.75) is 50.6 Å². The van der Waals surface area contributed by atoms with Gasteiger partial charge in [0.05, 0.1) is 6.04 Å². The van der Waals surface area contributed by atoms with Crippen LogP contribution in [-0.2, 0) is 14.3 Å². The van der Waals surface area contributed by atoms with Gasteiger partial charge in [-0.05, 0) is 32.8 Å². The Balaban J connectivity index is 1.83. The summed E-state index contributed by atoms with van der Waals surface area (Å²) in [5.74, 6) is -0.673. The number of nitrogens with one attached hydrogen (secondary N) is 1. The van der Waals surface area contributed by atoms with Crippen LogP contribution in [0.2, 0.25) is 0 Å². The van der Waals surface area contributed by atoms with Gasteiger partial charge in [0, 0.05) is 35.8 Å². The van der Waals surface area contributed by atoms with E-state index in [2.05, 4.69) is 4.98 Å². The predicted molar refractivity (Wildman–Crippen MR) is 107 cm³/mol. The van der Waals surface area contributed by atoms with E-state index in [4.69, 9.17) is 4.74 Å². The third kappa shape index (κ3) is 2.25. The third-order valence-electron chi connectivity index (χ3n) is 6.42. The summed E-state index contributed by atoms with van der Waals surface area (Å²) in [7, 11) is 1.47. The van der Waals surface area contributed by atoms with E-state index in [0.29, 0.717) is 13.0 Å². The molecule has 1 aromatic carbocycles. The zero-order valence-corrected chi connectivity index (χ0v) is 16.8. The molecule has 152 valence electrons. The topological polar surface area (TPSA) is 85.9 Å². The van der Waals surface area contributed by atoms with Gasteiger partial charge in [-0.3, -0.25) is 14.5 Å². The molecule has 7 nitrogen and oxygen atoms in total. The fourth-order valence-electron chi connectivity index (χ4n) is 5.28. The predicted octanol–water partition coefficient (Wildman–Crippen LogP) is 2.40. The lowest BCUT2D eigenvalue weighted by Crippen LogP contribution is -2.74. The summed E-state index contributed by atoms with van der Waals surface area (Å²) in [6.45, 7) is 4.37. The highest BCUT2D eigenvalue weighted by molar-refractivity contribution is 6.01. The van der Waals surface area contributed by atoms with E-state index in [9.17, 15) is 14.7 Å². The van der Waals surface area contributed by atoms with E-state index >= 15 is 0 Å². The number of carbonyl (C=O) groups is 2. The van der Waals surface area contributed by atoms with Crippen LogP contribution in [0.3, 0.4) is 0 Å². The van der Waals surface area contributed by atoms with Gasteiger partial charge in [-0.15, -0.1) is 0 Å². The average molecular weight is 395 g/mol. The molecule has 29 heavy (non-hydrogen) atoms. The second-order valence-corrected chi connectivity index (χ2v) is 8.39. The van der Waals surface area contributed by atoms with E-state index in [0.717, 1.165) is 34.2 Å². The molecule has 3 aliphatic heterocycles. The second-order valence-electron chi connectivity index (χ2n) is 8.39. The number of benzene rings is 1. The van der Waals surface area contributed by atoms with Crippen LogP contribution in [0.5, 0.6) is 0 Å². The first kappa shape index (κ1) is 18.4. The fourth-order valence-corrected chi connectivity index (χ4v) is 5.28. The molecule has 2 saturated heterocycles. The van der Waals surface area contributed by atoms with Crippen LogP contribution < -0.4 is 0 Å². The Bertz CT molecular complexity index is 1050. The van der Waals surface area contributed by atoms with E-state index in [-0.39, 0.29) is 5.91 Å². The van der Waals surface area contributed by atoms with Gasteiger partial charge < -0.3 is 19.7 Å². The van der Waals surface area contributed by atoms with Crippen molar-refractivity contribution in [2.75, 3.05) is 13.7 Å². The van der Waals surface area contributed by atoms with Gasteiger partial charge in [-0.25, -0.2) is 0 Å². The van der Waals surface area contributed by atoms with Crippen LogP contribution in [0.1, 0.15) is 50.1 Å². The first-order chi connectivity index (χ1) is 13.9. The number of aliphatic hydroxyl groups is 1. The molecular weight excluding hydrogens is 370 g/mol. The van der Waals surface area contributed by atoms with Crippen molar-refractivity contribution >= 4 is 22.7 Å². The number of allylic oxidation sites excluding steroid dienone is 1. The lowest BCUT2D eigenvalue weighted by molar-refractivity contribution is -0.233. The molecule has 2 aromatic rings. The molecule has 2 amide bonds. The zero-order chi connectivity index (χ0) is 20.5. The quantitative estimate of drug-likeness (QED) is 0.765. The van der Waals surface area contributed by atoms with Gasteiger partial charge in [0.1, 0.15) is 12.1 Å². The van der Waals surface area contributed by atoms with E-state index < -0.39 is 29.8 Å². The van der Waals surface area contributed by atoms with E-state index in [1.54, 1.807) is 0 Å². The van der Waals surface area contributed by atoms with Crippen molar-refractivity contribution in [3.05, 3.63) is 47.2 Å². The standard InChI is InChI=1S/C22H25N3O4/c1-12(2)11-16-18-17(13-7-4-5-8-14(13)23-18)19(29-3)22(28)21(27)24-10-6-9-15(24)20(26)25(16)22/h4-5,7-8,11,15-16,19,23,28H,6,9-10H2,1-3H3. The summed E-state index contributed by atoms with van der Waals surface area (Å²) >= 11 is 0. The highest BCUT2D eigenvalue weighted by atomic mass is 16.5. The Morgan fingerprint density at radius 2 is 2.07 bits per heavy atom. The number of aromatic amines is 1. The summed E-state index contributed by atoms with van der Waals surface area (Å²) in [6, 6.07) is 6.65. The number of ether oxygens (including phenoxy) is 1. The molecule has 2 N–H and O–H groups in total. The molecule has 1 aromatic heterocycles. The van der Waals surface area contributed by atoms with Gasteiger partial charge in [0.2, 0.25) is 5.91 Å². The second kappa shape index (κ2) is 6.18. The number of nitrogens with zero attached hydrogens (tertiary/aromatic N) is 2. The van der Waals surface area contributed by atoms with Crippen LogP contribution in [0, 0.1) is 0 Å². The lowest BCUT2D eigenvalue weighted by atomic mass is 9.82. The smallest absolute Gasteiger partial charge is 0.279 e. The van der Waals surface area contributed by atoms with Crippen molar-refractivity contribution in [3.8, 4) is 0 Å². The molecule has 0 aliphatic carbocycles. The third-order valence-corrected chi connectivity index (χ3v) is 6.42. The highest BCUT2D eigenvalue weighted by Gasteiger charge is 2.66. The number of hydrogen-bond acceptors (Lipinski definition) is 4. The first-order valence-electron chi connectivity index (χ1n) is 10.0. The van der Waals surface area contributed by atoms with Crippen molar-refractivity contribution in [1.82, 2.24) is 14.8 Å². The van der Waals surface area contributed by atoms with Gasteiger partial charge in [0.25, 0.3) is 11.6 Å². The molecule has 7 heteroatoms. The fraction of sp³-hybridized carbons (Fsp3) is 0.455. The van der Waals surface area contributed by atoms with Crippen molar-refractivity contribution < 1.29 is 19.4 Å². The normalized spacial score (nSPS) is 31.0. The molecule has 0 spiro atoms. The van der Waals surface area contributed by atoms with Crippen LogP contribution in [0.15, 0.2) is 35.9 Å². The van der Waals surface area contributed by atoms with Gasteiger partial charge in [0.15, 0.2) is 0 Å². The first-order valence-corrected chi connectivity index (χ1v) is 10.0. The molecule has 0 bridgehead atoms. The molecule has 3 aliphatic rings. The van der Waals surface area contributed by atoms with Crippen LogP contribution in [-0.4, -0.2) is 57.1 Å². The summed E-state index contributed by atoms with van der Waals surface area (Å²) < 4.78 is 5.75. The Morgan fingerprint density at radius 1 is 1.31 bits per heavy atom. The minimum atomic E-state index is -2.08. The molecule has 5 rings (SSSR count). The minimum Gasteiger partial charge on any atom is -0.371 e. The van der Waals surface area contributed by atoms with Gasteiger partial charge in [-0.1, -0.05) is 29.8 Å².